The largest absolute Gasteiger partial charge is 0.306 e. The Balaban J connectivity index is 2.32. The van der Waals surface area contributed by atoms with Gasteiger partial charge in [-0.25, -0.2) is 0 Å². The van der Waals surface area contributed by atoms with Crippen LogP contribution < -0.4 is 5.32 Å². The zero-order chi connectivity index (χ0) is 11.6. The lowest BCUT2D eigenvalue weighted by Gasteiger charge is -2.34. The van der Waals surface area contributed by atoms with Crippen molar-refractivity contribution in [2.45, 2.75) is 25.8 Å². The van der Waals surface area contributed by atoms with Gasteiger partial charge in [-0.05, 0) is 51.5 Å². The topological polar surface area (TPSA) is 15.3 Å². The standard InChI is InChI=1S/C14H22N2/c1-12-7-4-5-8-13(12)14(2)11-16(3)10-6-9-15-14/h4-5,7-8,15H,6,9-11H2,1-3H3. The highest BCUT2D eigenvalue weighted by atomic mass is 15.2. The maximum Gasteiger partial charge on any atom is 0.0537 e. The minimum absolute atomic E-state index is 0.0938. The second kappa shape index (κ2) is 4.56. The molecular weight excluding hydrogens is 196 g/mol. The molecule has 1 fully saturated rings. The third-order valence-corrected chi connectivity index (χ3v) is 3.56. The van der Waals surface area contributed by atoms with E-state index < -0.39 is 0 Å². The summed E-state index contributed by atoms with van der Waals surface area (Å²) in [6.45, 7) is 7.89. The number of rotatable bonds is 1. The van der Waals surface area contributed by atoms with Gasteiger partial charge >= 0.3 is 0 Å². The predicted octanol–water partition coefficient (Wildman–Crippen LogP) is 2.14. The van der Waals surface area contributed by atoms with Crippen LogP contribution in [0.4, 0.5) is 0 Å². The van der Waals surface area contributed by atoms with E-state index in [-0.39, 0.29) is 5.54 Å². The van der Waals surface area contributed by atoms with Crippen LogP contribution in [0.25, 0.3) is 0 Å². The van der Waals surface area contributed by atoms with Gasteiger partial charge in [0.05, 0.1) is 5.54 Å². The van der Waals surface area contributed by atoms with Crippen molar-refractivity contribution in [2.75, 3.05) is 26.7 Å². The van der Waals surface area contributed by atoms with Gasteiger partial charge in [-0.15, -0.1) is 0 Å². The first kappa shape index (κ1) is 11.6. The van der Waals surface area contributed by atoms with Crippen molar-refractivity contribution in [3.05, 3.63) is 35.4 Å². The molecule has 1 atom stereocenters. The van der Waals surface area contributed by atoms with Gasteiger partial charge in [-0.3, -0.25) is 0 Å². The third-order valence-electron chi connectivity index (χ3n) is 3.56. The number of likely N-dealkylation sites (N-methyl/N-ethyl adjacent to an activating group) is 1. The van der Waals surface area contributed by atoms with Crippen molar-refractivity contribution < 1.29 is 0 Å². The first-order valence-corrected chi connectivity index (χ1v) is 6.11. The fourth-order valence-electron chi connectivity index (χ4n) is 2.76. The monoisotopic (exact) mass is 218 g/mol. The summed E-state index contributed by atoms with van der Waals surface area (Å²) in [6.07, 6.45) is 1.23. The number of nitrogens with zero attached hydrogens (tertiary/aromatic N) is 1. The van der Waals surface area contributed by atoms with Gasteiger partial charge in [0.1, 0.15) is 0 Å². The average molecular weight is 218 g/mol. The Morgan fingerprint density at radius 1 is 1.31 bits per heavy atom. The third kappa shape index (κ3) is 2.28. The molecule has 0 aromatic heterocycles. The number of benzene rings is 1. The molecule has 0 aliphatic carbocycles. The zero-order valence-electron chi connectivity index (χ0n) is 10.6. The molecule has 0 bridgehead atoms. The summed E-state index contributed by atoms with van der Waals surface area (Å²) in [4.78, 5) is 2.42. The van der Waals surface area contributed by atoms with Crippen molar-refractivity contribution in [1.29, 1.82) is 0 Å². The molecule has 16 heavy (non-hydrogen) atoms. The van der Waals surface area contributed by atoms with E-state index >= 15 is 0 Å². The second-order valence-electron chi connectivity index (χ2n) is 5.17. The summed E-state index contributed by atoms with van der Waals surface area (Å²) in [5.74, 6) is 0. The summed E-state index contributed by atoms with van der Waals surface area (Å²) in [6, 6.07) is 8.71. The van der Waals surface area contributed by atoms with E-state index in [1.165, 1.54) is 24.1 Å². The van der Waals surface area contributed by atoms with Gasteiger partial charge in [-0.1, -0.05) is 24.3 Å². The number of hydrogen-bond acceptors (Lipinski definition) is 2. The van der Waals surface area contributed by atoms with Gasteiger partial charge in [0.25, 0.3) is 0 Å². The summed E-state index contributed by atoms with van der Waals surface area (Å²) in [5.41, 5.74) is 2.91. The fourth-order valence-corrected chi connectivity index (χ4v) is 2.76. The fraction of sp³-hybridized carbons (Fsp3) is 0.571. The lowest BCUT2D eigenvalue weighted by Crippen LogP contribution is -2.46. The van der Waals surface area contributed by atoms with Crippen LogP contribution in [0.3, 0.4) is 0 Å². The lowest BCUT2D eigenvalue weighted by atomic mass is 9.88. The molecule has 1 N–H and O–H groups in total. The number of aryl methyl sites for hydroxylation is 1. The van der Waals surface area contributed by atoms with E-state index in [2.05, 4.69) is 55.4 Å². The van der Waals surface area contributed by atoms with Crippen molar-refractivity contribution >= 4 is 0 Å². The van der Waals surface area contributed by atoms with Crippen LogP contribution in [0.15, 0.2) is 24.3 Å². The van der Waals surface area contributed by atoms with E-state index in [0.29, 0.717) is 0 Å². The molecule has 2 nitrogen and oxygen atoms in total. The van der Waals surface area contributed by atoms with Crippen LogP contribution in [0.1, 0.15) is 24.5 Å². The van der Waals surface area contributed by atoms with Gasteiger partial charge in [-0.2, -0.15) is 0 Å². The molecule has 1 aromatic rings. The van der Waals surface area contributed by atoms with Gasteiger partial charge in [0.15, 0.2) is 0 Å². The van der Waals surface area contributed by atoms with Gasteiger partial charge < -0.3 is 10.2 Å². The molecular formula is C14H22N2. The minimum atomic E-state index is 0.0938. The minimum Gasteiger partial charge on any atom is -0.306 e. The SMILES string of the molecule is Cc1ccccc1C1(C)CN(C)CCCN1. The van der Waals surface area contributed by atoms with E-state index in [0.717, 1.165) is 13.1 Å². The highest BCUT2D eigenvalue weighted by molar-refractivity contribution is 5.32. The summed E-state index contributed by atoms with van der Waals surface area (Å²) in [7, 11) is 2.21. The summed E-state index contributed by atoms with van der Waals surface area (Å²) >= 11 is 0. The van der Waals surface area contributed by atoms with Crippen LogP contribution in [0.2, 0.25) is 0 Å². The molecule has 2 rings (SSSR count). The molecule has 1 aliphatic heterocycles. The number of hydrogen-bond donors (Lipinski definition) is 1. The van der Waals surface area contributed by atoms with Crippen molar-refractivity contribution in [1.82, 2.24) is 10.2 Å². The smallest absolute Gasteiger partial charge is 0.0537 e. The van der Waals surface area contributed by atoms with Crippen LogP contribution >= 0.6 is 0 Å². The molecule has 1 aliphatic rings. The van der Waals surface area contributed by atoms with E-state index in [1.54, 1.807) is 0 Å². The van der Waals surface area contributed by atoms with E-state index in [9.17, 15) is 0 Å². The first-order chi connectivity index (χ1) is 7.62. The second-order valence-corrected chi connectivity index (χ2v) is 5.17. The maximum atomic E-state index is 3.70. The van der Waals surface area contributed by atoms with Crippen LogP contribution in [0, 0.1) is 6.92 Å². The van der Waals surface area contributed by atoms with Crippen LogP contribution in [-0.2, 0) is 5.54 Å². The van der Waals surface area contributed by atoms with Gasteiger partial charge in [0.2, 0.25) is 0 Å². The molecule has 1 unspecified atom stereocenters. The van der Waals surface area contributed by atoms with Gasteiger partial charge in [0, 0.05) is 6.54 Å². The molecule has 88 valence electrons. The zero-order valence-corrected chi connectivity index (χ0v) is 10.6. The molecule has 0 saturated carbocycles. The molecule has 0 amide bonds. The van der Waals surface area contributed by atoms with Crippen molar-refractivity contribution in [3.8, 4) is 0 Å². The Kier molecular flexibility index (Phi) is 3.31. The molecule has 2 heteroatoms. The van der Waals surface area contributed by atoms with Crippen molar-refractivity contribution in [3.63, 3.8) is 0 Å². The normalized spacial score (nSPS) is 27.7. The molecule has 0 radical (unpaired) electrons. The highest BCUT2D eigenvalue weighted by Crippen LogP contribution is 2.26. The Bertz CT molecular complexity index is 362. The van der Waals surface area contributed by atoms with Crippen LogP contribution in [0.5, 0.6) is 0 Å². The summed E-state index contributed by atoms with van der Waals surface area (Å²) in [5, 5.41) is 3.70. The molecule has 1 heterocycles. The number of nitrogens with one attached hydrogen (secondary N) is 1. The first-order valence-electron chi connectivity index (χ1n) is 6.11. The van der Waals surface area contributed by atoms with E-state index in [1.807, 2.05) is 0 Å². The Labute approximate surface area is 98.7 Å². The summed E-state index contributed by atoms with van der Waals surface area (Å²) < 4.78 is 0. The Hall–Kier alpha value is -0.860. The van der Waals surface area contributed by atoms with Crippen molar-refractivity contribution in [2.24, 2.45) is 0 Å². The van der Waals surface area contributed by atoms with Crippen LogP contribution in [-0.4, -0.2) is 31.6 Å². The predicted molar refractivity (Wildman–Crippen MR) is 68.6 cm³/mol. The quantitative estimate of drug-likeness (QED) is 0.777. The maximum absolute atomic E-state index is 3.70. The Morgan fingerprint density at radius 2 is 2.06 bits per heavy atom. The lowest BCUT2D eigenvalue weighted by molar-refractivity contribution is 0.258. The highest BCUT2D eigenvalue weighted by Gasteiger charge is 2.30. The Morgan fingerprint density at radius 3 is 2.81 bits per heavy atom. The molecule has 0 spiro atoms. The van der Waals surface area contributed by atoms with E-state index in [4.69, 9.17) is 0 Å². The molecule has 1 saturated heterocycles. The molecule has 1 aromatic carbocycles. The average Bonchev–Trinajstić information content (AvgIpc) is 2.41.